The van der Waals surface area contributed by atoms with Crippen LogP contribution < -0.4 is 4.74 Å². The second-order valence-corrected chi connectivity index (χ2v) is 5.07. The molecule has 1 aromatic carbocycles. The predicted octanol–water partition coefficient (Wildman–Crippen LogP) is 3.11. The van der Waals surface area contributed by atoms with Crippen molar-refractivity contribution in [3.63, 3.8) is 0 Å². The van der Waals surface area contributed by atoms with Gasteiger partial charge < -0.3 is 18.9 Å². The summed E-state index contributed by atoms with van der Waals surface area (Å²) >= 11 is 0. The maximum absolute atomic E-state index is 11.9. The van der Waals surface area contributed by atoms with Crippen LogP contribution in [-0.4, -0.2) is 38.0 Å². The molecule has 0 aliphatic carbocycles. The van der Waals surface area contributed by atoms with E-state index in [4.69, 9.17) is 18.9 Å². The van der Waals surface area contributed by atoms with E-state index >= 15 is 0 Å². The minimum absolute atomic E-state index is 0.169. The molecule has 24 heavy (non-hydrogen) atoms. The van der Waals surface area contributed by atoms with E-state index in [9.17, 15) is 9.59 Å². The van der Waals surface area contributed by atoms with Gasteiger partial charge in [0.15, 0.2) is 6.29 Å². The van der Waals surface area contributed by atoms with Gasteiger partial charge in [-0.1, -0.05) is 6.58 Å². The smallest absolute Gasteiger partial charge is 0.338 e. The molecule has 132 valence electrons. The van der Waals surface area contributed by atoms with E-state index in [0.29, 0.717) is 29.9 Å². The average Bonchev–Trinajstić information content (AvgIpc) is 2.54. The van der Waals surface area contributed by atoms with Gasteiger partial charge in [-0.05, 0) is 45.0 Å². The topological polar surface area (TPSA) is 71.1 Å². The highest BCUT2D eigenvalue weighted by Crippen LogP contribution is 2.15. The van der Waals surface area contributed by atoms with Gasteiger partial charge in [-0.3, -0.25) is 0 Å². The molecule has 0 heterocycles. The van der Waals surface area contributed by atoms with Crippen molar-refractivity contribution in [1.82, 2.24) is 0 Å². The van der Waals surface area contributed by atoms with Crippen LogP contribution in [0.25, 0.3) is 0 Å². The van der Waals surface area contributed by atoms with Crippen LogP contribution in [0.1, 0.15) is 37.6 Å². The fraction of sp³-hybridized carbons (Fsp3) is 0.444. The number of carbonyl (C=O) groups excluding carboxylic acids is 2. The summed E-state index contributed by atoms with van der Waals surface area (Å²) in [5.74, 6) is -0.275. The highest BCUT2D eigenvalue weighted by molar-refractivity contribution is 5.89. The van der Waals surface area contributed by atoms with Crippen LogP contribution >= 0.6 is 0 Å². The number of benzene rings is 1. The molecule has 0 fully saturated rings. The van der Waals surface area contributed by atoms with Gasteiger partial charge in [-0.15, -0.1) is 0 Å². The molecule has 1 aromatic rings. The van der Waals surface area contributed by atoms with Crippen molar-refractivity contribution in [1.29, 1.82) is 0 Å². The second kappa shape index (κ2) is 10.4. The van der Waals surface area contributed by atoms with Crippen LogP contribution in [0.3, 0.4) is 0 Å². The molecule has 0 amide bonds. The normalized spacial score (nSPS) is 11.5. The number of carbonyl (C=O) groups is 2. The molecule has 1 unspecified atom stereocenters. The Morgan fingerprint density at radius 3 is 2.33 bits per heavy atom. The number of ether oxygens (including phenoxy) is 4. The summed E-state index contributed by atoms with van der Waals surface area (Å²) < 4.78 is 20.8. The summed E-state index contributed by atoms with van der Waals surface area (Å²) in [5.41, 5.74) is 0.762. The number of hydrogen-bond acceptors (Lipinski definition) is 6. The summed E-state index contributed by atoms with van der Waals surface area (Å²) in [6, 6.07) is 6.61. The maximum atomic E-state index is 11.9. The third-order valence-electron chi connectivity index (χ3n) is 2.90. The van der Waals surface area contributed by atoms with Crippen LogP contribution in [-0.2, 0) is 19.0 Å². The first-order valence-corrected chi connectivity index (χ1v) is 7.82. The Morgan fingerprint density at radius 1 is 1.12 bits per heavy atom. The van der Waals surface area contributed by atoms with Crippen molar-refractivity contribution in [3.05, 3.63) is 42.0 Å². The van der Waals surface area contributed by atoms with E-state index in [1.165, 1.54) is 0 Å². The van der Waals surface area contributed by atoms with Crippen LogP contribution in [0.5, 0.6) is 5.75 Å². The fourth-order valence-corrected chi connectivity index (χ4v) is 1.73. The standard InChI is InChI=1S/C18H24O6/c1-5-21-14(4)24-16-9-7-15(8-10-16)18(20)23-12-6-11-22-17(19)13(2)3/h7-10,14H,2,5-6,11-12H2,1,3-4H3. The number of hydrogen-bond donors (Lipinski definition) is 0. The molecule has 0 aliphatic heterocycles. The van der Waals surface area contributed by atoms with Gasteiger partial charge in [0.25, 0.3) is 0 Å². The molecule has 0 bridgehead atoms. The Labute approximate surface area is 142 Å². The van der Waals surface area contributed by atoms with Crippen molar-refractivity contribution >= 4 is 11.9 Å². The molecule has 0 spiro atoms. The average molecular weight is 336 g/mol. The van der Waals surface area contributed by atoms with Gasteiger partial charge in [0.1, 0.15) is 5.75 Å². The van der Waals surface area contributed by atoms with E-state index in [1.54, 1.807) is 38.1 Å². The lowest BCUT2D eigenvalue weighted by Crippen LogP contribution is -2.16. The molecule has 0 aliphatic rings. The Morgan fingerprint density at radius 2 is 1.75 bits per heavy atom. The van der Waals surface area contributed by atoms with Crippen LogP contribution in [0.15, 0.2) is 36.4 Å². The van der Waals surface area contributed by atoms with Crippen LogP contribution in [0.4, 0.5) is 0 Å². The van der Waals surface area contributed by atoms with Crippen molar-refractivity contribution in [2.24, 2.45) is 0 Å². The first-order valence-electron chi connectivity index (χ1n) is 7.82. The highest BCUT2D eigenvalue weighted by Gasteiger charge is 2.09. The Kier molecular flexibility index (Phi) is 8.57. The first-order chi connectivity index (χ1) is 11.4. The Bertz CT molecular complexity index is 549. The summed E-state index contributed by atoms with van der Waals surface area (Å²) in [5, 5.41) is 0. The SMILES string of the molecule is C=C(C)C(=O)OCCCOC(=O)c1ccc(OC(C)OCC)cc1. The summed E-state index contributed by atoms with van der Waals surface area (Å²) in [7, 11) is 0. The van der Waals surface area contributed by atoms with Gasteiger partial charge in [-0.2, -0.15) is 0 Å². The molecule has 6 nitrogen and oxygen atoms in total. The molecule has 1 rings (SSSR count). The summed E-state index contributed by atoms with van der Waals surface area (Å²) in [6.07, 6.45) is 0.0763. The predicted molar refractivity (Wildman–Crippen MR) is 88.8 cm³/mol. The third kappa shape index (κ3) is 7.28. The molecule has 1 atom stereocenters. The second-order valence-electron chi connectivity index (χ2n) is 5.07. The van der Waals surface area contributed by atoms with E-state index in [0.717, 1.165) is 0 Å². The van der Waals surface area contributed by atoms with Crippen LogP contribution in [0.2, 0.25) is 0 Å². The minimum atomic E-state index is -0.446. The summed E-state index contributed by atoms with van der Waals surface area (Å²) in [4.78, 5) is 23.0. The number of esters is 2. The van der Waals surface area contributed by atoms with Gasteiger partial charge in [0, 0.05) is 18.6 Å². The monoisotopic (exact) mass is 336 g/mol. The zero-order chi connectivity index (χ0) is 17.9. The fourth-order valence-electron chi connectivity index (χ4n) is 1.73. The van der Waals surface area contributed by atoms with Gasteiger partial charge >= 0.3 is 11.9 Å². The highest BCUT2D eigenvalue weighted by atomic mass is 16.7. The lowest BCUT2D eigenvalue weighted by Gasteiger charge is -2.14. The zero-order valence-electron chi connectivity index (χ0n) is 14.4. The largest absolute Gasteiger partial charge is 0.465 e. The van der Waals surface area contributed by atoms with Crippen molar-refractivity contribution in [2.45, 2.75) is 33.5 Å². The molecule has 0 saturated heterocycles. The van der Waals surface area contributed by atoms with Gasteiger partial charge in [-0.25, -0.2) is 9.59 Å². The molecular formula is C18H24O6. The van der Waals surface area contributed by atoms with Crippen molar-refractivity contribution in [2.75, 3.05) is 19.8 Å². The van der Waals surface area contributed by atoms with E-state index in [2.05, 4.69) is 6.58 Å². The Balaban J connectivity index is 2.32. The van der Waals surface area contributed by atoms with Crippen molar-refractivity contribution < 1.29 is 28.5 Å². The molecular weight excluding hydrogens is 312 g/mol. The first kappa shape index (κ1) is 19.7. The third-order valence-corrected chi connectivity index (χ3v) is 2.90. The van der Waals surface area contributed by atoms with Gasteiger partial charge in [0.2, 0.25) is 0 Å². The lowest BCUT2D eigenvalue weighted by atomic mass is 10.2. The summed E-state index contributed by atoms with van der Waals surface area (Å²) in [6.45, 7) is 9.65. The van der Waals surface area contributed by atoms with E-state index < -0.39 is 11.9 Å². The molecule has 0 radical (unpaired) electrons. The maximum Gasteiger partial charge on any atom is 0.338 e. The number of rotatable bonds is 10. The van der Waals surface area contributed by atoms with Crippen molar-refractivity contribution in [3.8, 4) is 5.75 Å². The minimum Gasteiger partial charge on any atom is -0.465 e. The molecule has 0 saturated carbocycles. The lowest BCUT2D eigenvalue weighted by molar-refractivity contribution is -0.139. The van der Waals surface area contributed by atoms with Crippen LogP contribution in [0, 0.1) is 0 Å². The molecule has 6 heteroatoms. The Hall–Kier alpha value is -2.34. The quantitative estimate of drug-likeness (QED) is 0.283. The van der Waals surface area contributed by atoms with Gasteiger partial charge in [0.05, 0.1) is 18.8 Å². The van der Waals surface area contributed by atoms with E-state index in [-0.39, 0.29) is 19.5 Å². The zero-order valence-corrected chi connectivity index (χ0v) is 14.4. The van der Waals surface area contributed by atoms with E-state index in [1.807, 2.05) is 6.92 Å². The molecule has 0 aromatic heterocycles. The molecule has 0 N–H and O–H groups in total.